The third-order valence-electron chi connectivity index (χ3n) is 3.05. The number of carbonyl (C=O) groups excluding carboxylic acids is 1. The van der Waals surface area contributed by atoms with Gasteiger partial charge in [0, 0.05) is 4.47 Å². The lowest BCUT2D eigenvalue weighted by atomic mass is 10.1. The van der Waals surface area contributed by atoms with Crippen LogP contribution in [0.4, 0.5) is 18.9 Å². The molecule has 0 saturated heterocycles. The van der Waals surface area contributed by atoms with E-state index in [9.17, 15) is 18.0 Å². The van der Waals surface area contributed by atoms with Crippen LogP contribution in [0.15, 0.2) is 45.3 Å². The molecule has 0 spiro atoms. The van der Waals surface area contributed by atoms with E-state index >= 15 is 0 Å². The minimum absolute atomic E-state index is 0.301. The molecule has 0 atom stereocenters. The lowest BCUT2D eigenvalue weighted by Gasteiger charge is -2.15. The summed E-state index contributed by atoms with van der Waals surface area (Å²) in [7, 11) is 0. The first-order chi connectivity index (χ1) is 11.2. The Labute approximate surface area is 153 Å². The molecule has 2 rings (SSSR count). The number of para-hydroxylation sites is 1. The number of alkyl halides is 3. The van der Waals surface area contributed by atoms with Crippen LogP contribution in [-0.2, 0) is 11.0 Å². The van der Waals surface area contributed by atoms with Crippen LogP contribution in [0.3, 0.4) is 0 Å². The van der Waals surface area contributed by atoms with E-state index in [-0.39, 0.29) is 5.69 Å². The van der Waals surface area contributed by atoms with Gasteiger partial charge >= 0.3 is 6.18 Å². The molecule has 0 unspecified atom stereocenters. The zero-order valence-corrected chi connectivity index (χ0v) is 15.5. The molecule has 0 aliphatic heterocycles. The largest absolute Gasteiger partial charge is 0.482 e. The summed E-state index contributed by atoms with van der Waals surface area (Å²) < 4.78 is 45.6. The minimum Gasteiger partial charge on any atom is -0.482 e. The third kappa shape index (κ3) is 4.73. The second kappa shape index (κ2) is 7.57. The van der Waals surface area contributed by atoms with Crippen LogP contribution in [-0.4, -0.2) is 12.5 Å². The van der Waals surface area contributed by atoms with Gasteiger partial charge in [0.25, 0.3) is 5.91 Å². The average Bonchev–Trinajstić information content (AvgIpc) is 2.45. The summed E-state index contributed by atoms with van der Waals surface area (Å²) in [5.41, 5.74) is -0.427. The zero-order chi connectivity index (χ0) is 17.9. The van der Waals surface area contributed by atoms with Crippen LogP contribution in [0.2, 0.25) is 0 Å². The van der Waals surface area contributed by atoms with E-state index in [1.807, 2.05) is 0 Å². The fourth-order valence-electron chi connectivity index (χ4n) is 2.04. The Bertz CT molecular complexity index is 740. The van der Waals surface area contributed by atoms with Gasteiger partial charge in [0.2, 0.25) is 0 Å². The number of hydrogen-bond donors (Lipinski definition) is 1. The highest BCUT2D eigenvalue weighted by Crippen LogP contribution is 2.35. The third-order valence-corrected chi connectivity index (χ3v) is 4.10. The van der Waals surface area contributed by atoms with Gasteiger partial charge in [0.15, 0.2) is 6.61 Å². The molecular formula is C16H12Br2F3NO2. The van der Waals surface area contributed by atoms with Crippen molar-refractivity contribution in [3.63, 3.8) is 0 Å². The Morgan fingerprint density at radius 3 is 2.50 bits per heavy atom. The predicted octanol–water partition coefficient (Wildman–Crippen LogP) is 5.56. The van der Waals surface area contributed by atoms with Gasteiger partial charge in [-0.3, -0.25) is 4.79 Å². The first kappa shape index (κ1) is 18.8. The Kier molecular flexibility index (Phi) is 5.92. The van der Waals surface area contributed by atoms with Crippen LogP contribution in [0.1, 0.15) is 11.1 Å². The van der Waals surface area contributed by atoms with Crippen molar-refractivity contribution in [2.75, 3.05) is 11.9 Å². The number of amides is 1. The van der Waals surface area contributed by atoms with Crippen LogP contribution >= 0.6 is 31.9 Å². The number of halogens is 5. The molecule has 8 heteroatoms. The van der Waals surface area contributed by atoms with Crippen molar-refractivity contribution >= 4 is 43.5 Å². The normalized spacial score (nSPS) is 11.2. The quantitative estimate of drug-likeness (QED) is 0.640. The molecule has 3 nitrogen and oxygen atoms in total. The number of rotatable bonds is 4. The number of carbonyl (C=O) groups is 1. The van der Waals surface area contributed by atoms with E-state index in [0.717, 1.165) is 16.1 Å². The van der Waals surface area contributed by atoms with Crippen molar-refractivity contribution in [1.82, 2.24) is 0 Å². The minimum atomic E-state index is -4.55. The molecule has 1 N–H and O–H groups in total. The predicted molar refractivity (Wildman–Crippen MR) is 92.1 cm³/mol. The standard InChI is InChI=1S/C16H12Br2F3NO2/c1-9-6-10(17)7-12(18)15(9)24-8-14(23)22-13-5-3-2-4-11(13)16(19,20)21/h2-7H,8H2,1H3,(H,22,23). The molecule has 0 radical (unpaired) electrons. The fourth-order valence-corrected chi connectivity index (χ4v) is 3.59. The number of hydrogen-bond acceptors (Lipinski definition) is 2. The maximum absolute atomic E-state index is 12.9. The van der Waals surface area contributed by atoms with E-state index in [4.69, 9.17) is 4.74 Å². The number of anilines is 1. The zero-order valence-electron chi connectivity index (χ0n) is 12.4. The van der Waals surface area contributed by atoms with E-state index in [2.05, 4.69) is 37.2 Å². The summed E-state index contributed by atoms with van der Waals surface area (Å²) in [5, 5.41) is 2.23. The number of ether oxygens (including phenoxy) is 1. The van der Waals surface area contributed by atoms with Gasteiger partial charge < -0.3 is 10.1 Å². The number of aryl methyl sites for hydroxylation is 1. The first-order valence-electron chi connectivity index (χ1n) is 6.73. The molecule has 0 aliphatic rings. The van der Waals surface area contributed by atoms with Crippen molar-refractivity contribution in [2.24, 2.45) is 0 Å². The summed E-state index contributed by atoms with van der Waals surface area (Å²) >= 11 is 6.64. The molecule has 24 heavy (non-hydrogen) atoms. The summed E-state index contributed by atoms with van der Waals surface area (Å²) in [6, 6.07) is 8.34. The average molecular weight is 467 g/mol. The van der Waals surface area contributed by atoms with Crippen molar-refractivity contribution < 1.29 is 22.7 Å². The van der Waals surface area contributed by atoms with E-state index in [1.54, 1.807) is 19.1 Å². The molecule has 2 aromatic rings. The molecule has 0 heterocycles. The van der Waals surface area contributed by atoms with Gasteiger partial charge in [-0.1, -0.05) is 28.1 Å². The van der Waals surface area contributed by atoms with Gasteiger partial charge in [-0.15, -0.1) is 0 Å². The van der Waals surface area contributed by atoms with E-state index in [0.29, 0.717) is 10.2 Å². The Balaban J connectivity index is 2.08. The molecule has 0 saturated carbocycles. The van der Waals surface area contributed by atoms with Gasteiger partial charge in [-0.05, 0) is 52.7 Å². The number of nitrogens with one attached hydrogen (secondary N) is 1. The summed E-state index contributed by atoms with van der Waals surface area (Å²) in [6.45, 7) is 1.38. The first-order valence-corrected chi connectivity index (χ1v) is 8.31. The lowest BCUT2D eigenvalue weighted by Crippen LogP contribution is -2.22. The highest BCUT2D eigenvalue weighted by Gasteiger charge is 2.33. The topological polar surface area (TPSA) is 38.3 Å². The highest BCUT2D eigenvalue weighted by atomic mass is 79.9. The van der Waals surface area contributed by atoms with Crippen LogP contribution in [0.25, 0.3) is 0 Å². The monoisotopic (exact) mass is 465 g/mol. The Morgan fingerprint density at radius 2 is 1.88 bits per heavy atom. The molecule has 2 aromatic carbocycles. The molecular weight excluding hydrogens is 455 g/mol. The van der Waals surface area contributed by atoms with Gasteiger partial charge in [0.1, 0.15) is 5.75 Å². The van der Waals surface area contributed by atoms with Crippen LogP contribution in [0.5, 0.6) is 5.75 Å². The Hall–Kier alpha value is -1.54. The van der Waals surface area contributed by atoms with Crippen LogP contribution < -0.4 is 10.1 Å². The van der Waals surface area contributed by atoms with E-state index < -0.39 is 24.3 Å². The van der Waals surface area contributed by atoms with Crippen molar-refractivity contribution in [2.45, 2.75) is 13.1 Å². The van der Waals surface area contributed by atoms with Crippen LogP contribution in [0, 0.1) is 6.92 Å². The van der Waals surface area contributed by atoms with Gasteiger partial charge in [0.05, 0.1) is 15.7 Å². The fraction of sp³-hybridized carbons (Fsp3) is 0.188. The summed E-state index contributed by atoms with van der Waals surface area (Å²) in [5.74, 6) is -0.224. The van der Waals surface area contributed by atoms with Crippen molar-refractivity contribution in [3.8, 4) is 5.75 Å². The molecule has 0 bridgehead atoms. The molecule has 0 aliphatic carbocycles. The smallest absolute Gasteiger partial charge is 0.418 e. The maximum Gasteiger partial charge on any atom is 0.418 e. The SMILES string of the molecule is Cc1cc(Br)cc(Br)c1OCC(=O)Nc1ccccc1C(F)(F)F. The highest BCUT2D eigenvalue weighted by molar-refractivity contribution is 9.11. The van der Waals surface area contributed by atoms with E-state index in [1.165, 1.54) is 18.2 Å². The van der Waals surface area contributed by atoms with Crippen molar-refractivity contribution in [1.29, 1.82) is 0 Å². The molecule has 1 amide bonds. The van der Waals surface area contributed by atoms with Gasteiger partial charge in [-0.25, -0.2) is 0 Å². The number of benzene rings is 2. The maximum atomic E-state index is 12.9. The molecule has 0 aromatic heterocycles. The van der Waals surface area contributed by atoms with Gasteiger partial charge in [-0.2, -0.15) is 13.2 Å². The lowest BCUT2D eigenvalue weighted by molar-refractivity contribution is -0.137. The second-order valence-corrected chi connectivity index (χ2v) is 6.68. The summed E-state index contributed by atoms with van der Waals surface area (Å²) in [6.07, 6.45) is -4.55. The second-order valence-electron chi connectivity index (χ2n) is 4.91. The summed E-state index contributed by atoms with van der Waals surface area (Å²) in [4.78, 5) is 11.9. The molecule has 0 fully saturated rings. The molecule has 128 valence electrons. The Morgan fingerprint density at radius 1 is 1.21 bits per heavy atom. The van der Waals surface area contributed by atoms with Crippen molar-refractivity contribution in [3.05, 3.63) is 56.5 Å².